The molecule has 3 aliphatic heterocycles. The molecule has 2 fully saturated rings. The molecule has 5 rings (SSSR count). The van der Waals surface area contributed by atoms with Gasteiger partial charge in [0.2, 0.25) is 0 Å². The summed E-state index contributed by atoms with van der Waals surface area (Å²) in [6, 6.07) is 14.4. The molecule has 0 bridgehead atoms. The van der Waals surface area contributed by atoms with Crippen LogP contribution in [0.3, 0.4) is 0 Å². The average molecular weight is 459 g/mol. The molecule has 3 heterocycles. The summed E-state index contributed by atoms with van der Waals surface area (Å²) in [5, 5.41) is 5.26. The molecule has 0 radical (unpaired) electrons. The minimum atomic E-state index is -1.19. The van der Waals surface area contributed by atoms with Crippen LogP contribution in [0.5, 0.6) is 0 Å². The molecule has 8 heteroatoms. The van der Waals surface area contributed by atoms with Crippen molar-refractivity contribution in [3.63, 3.8) is 0 Å². The van der Waals surface area contributed by atoms with Gasteiger partial charge in [-0.25, -0.2) is 4.79 Å². The molecule has 2 N–H and O–H groups in total. The summed E-state index contributed by atoms with van der Waals surface area (Å²) < 4.78 is 0. The van der Waals surface area contributed by atoms with Crippen LogP contribution in [0.1, 0.15) is 44.7 Å². The summed E-state index contributed by atoms with van der Waals surface area (Å²) in [5.41, 5.74) is 2.58. The van der Waals surface area contributed by atoms with E-state index in [1.807, 2.05) is 30.3 Å². The Balaban J connectivity index is 1.34. The lowest BCUT2D eigenvalue weighted by molar-refractivity contribution is -0.127. The number of urea groups is 1. The molecule has 3 aliphatic rings. The molecule has 1 unspecified atom stereocenters. The molecule has 0 aromatic heterocycles. The number of nitrogens with one attached hydrogen (secondary N) is 2. The van der Waals surface area contributed by atoms with E-state index in [1.165, 1.54) is 0 Å². The SMILES string of the molecule is C=C(c1ccccc1)N1CCC(C2(CN3Cc4cc(C=O)ccc4C3=O)NC(=O)NC2=O)CC1. The zero-order chi connectivity index (χ0) is 23.9. The Bertz CT molecular complexity index is 1190. The van der Waals surface area contributed by atoms with E-state index in [9.17, 15) is 19.2 Å². The number of hydrogen-bond acceptors (Lipinski definition) is 5. The molecule has 2 aromatic rings. The van der Waals surface area contributed by atoms with Crippen molar-refractivity contribution in [3.8, 4) is 0 Å². The number of aldehydes is 1. The molecule has 34 heavy (non-hydrogen) atoms. The number of likely N-dealkylation sites (tertiary alicyclic amines) is 1. The predicted octanol–water partition coefficient (Wildman–Crippen LogP) is 2.42. The third-order valence-corrected chi connectivity index (χ3v) is 7.23. The summed E-state index contributed by atoms with van der Waals surface area (Å²) in [7, 11) is 0. The van der Waals surface area contributed by atoms with Gasteiger partial charge in [-0.05, 0) is 42.0 Å². The molecule has 4 amide bonds. The number of benzene rings is 2. The lowest BCUT2D eigenvalue weighted by Crippen LogP contribution is -2.61. The zero-order valence-corrected chi connectivity index (χ0v) is 18.8. The first-order valence-electron chi connectivity index (χ1n) is 11.4. The van der Waals surface area contributed by atoms with Crippen LogP contribution in [-0.2, 0) is 11.3 Å². The Morgan fingerprint density at radius 3 is 2.47 bits per heavy atom. The Kier molecular flexibility index (Phi) is 5.43. The number of piperidine rings is 1. The van der Waals surface area contributed by atoms with Crippen LogP contribution in [0.15, 0.2) is 55.1 Å². The molecule has 2 saturated heterocycles. The zero-order valence-electron chi connectivity index (χ0n) is 18.8. The lowest BCUT2D eigenvalue weighted by atomic mass is 9.77. The predicted molar refractivity (Wildman–Crippen MR) is 126 cm³/mol. The molecule has 8 nitrogen and oxygen atoms in total. The maximum absolute atomic E-state index is 13.1. The van der Waals surface area contributed by atoms with Crippen molar-refractivity contribution in [1.82, 2.24) is 20.4 Å². The summed E-state index contributed by atoms with van der Waals surface area (Å²) >= 11 is 0. The minimum absolute atomic E-state index is 0.0822. The fraction of sp³-hybridized carbons (Fsp3) is 0.308. The van der Waals surface area contributed by atoms with Crippen LogP contribution in [-0.4, -0.2) is 59.1 Å². The fourth-order valence-corrected chi connectivity index (χ4v) is 5.39. The average Bonchev–Trinajstić information content (AvgIpc) is 3.33. The monoisotopic (exact) mass is 458 g/mol. The lowest BCUT2D eigenvalue weighted by Gasteiger charge is -2.43. The normalized spacial score (nSPS) is 22.4. The largest absolute Gasteiger partial charge is 0.372 e. The van der Waals surface area contributed by atoms with E-state index in [2.05, 4.69) is 22.1 Å². The van der Waals surface area contributed by atoms with Crippen molar-refractivity contribution >= 4 is 29.8 Å². The second kappa shape index (κ2) is 8.44. The van der Waals surface area contributed by atoms with Crippen LogP contribution in [0.25, 0.3) is 5.70 Å². The number of imide groups is 1. The maximum Gasteiger partial charge on any atom is 0.322 e. The van der Waals surface area contributed by atoms with Gasteiger partial charge in [0.05, 0.1) is 6.54 Å². The first-order valence-corrected chi connectivity index (χ1v) is 11.4. The van der Waals surface area contributed by atoms with E-state index in [0.29, 0.717) is 43.6 Å². The second-order valence-electron chi connectivity index (χ2n) is 9.15. The molecular weight excluding hydrogens is 432 g/mol. The van der Waals surface area contributed by atoms with Crippen molar-refractivity contribution in [1.29, 1.82) is 0 Å². The highest BCUT2D eigenvalue weighted by Crippen LogP contribution is 2.36. The van der Waals surface area contributed by atoms with Gasteiger partial charge in [-0.1, -0.05) is 43.0 Å². The van der Waals surface area contributed by atoms with Crippen molar-refractivity contribution in [2.75, 3.05) is 19.6 Å². The van der Waals surface area contributed by atoms with Crippen molar-refractivity contribution in [2.45, 2.75) is 24.9 Å². The minimum Gasteiger partial charge on any atom is -0.372 e. The Labute approximate surface area is 197 Å². The number of nitrogens with zero attached hydrogens (tertiary/aromatic N) is 2. The molecular formula is C26H26N4O4. The van der Waals surface area contributed by atoms with Gasteiger partial charge < -0.3 is 15.1 Å². The summed E-state index contributed by atoms with van der Waals surface area (Å²) in [6.45, 7) is 6.01. The number of carbonyl (C=O) groups excluding carboxylic acids is 4. The molecule has 174 valence electrons. The van der Waals surface area contributed by atoms with E-state index < -0.39 is 17.5 Å². The number of hydrogen-bond donors (Lipinski definition) is 2. The molecule has 0 aliphatic carbocycles. The van der Waals surface area contributed by atoms with Gasteiger partial charge in [-0.15, -0.1) is 0 Å². The van der Waals surface area contributed by atoms with Crippen LogP contribution in [0.2, 0.25) is 0 Å². The van der Waals surface area contributed by atoms with Gasteiger partial charge in [0.15, 0.2) is 0 Å². The number of carbonyl (C=O) groups is 4. The fourth-order valence-electron chi connectivity index (χ4n) is 5.39. The topological polar surface area (TPSA) is 98.8 Å². The number of rotatable bonds is 6. The van der Waals surface area contributed by atoms with Crippen molar-refractivity contribution in [2.24, 2.45) is 5.92 Å². The number of fused-ring (bicyclic) bond motifs is 1. The third kappa shape index (κ3) is 3.65. The van der Waals surface area contributed by atoms with Crippen molar-refractivity contribution < 1.29 is 19.2 Å². The van der Waals surface area contributed by atoms with Gasteiger partial charge in [0.1, 0.15) is 11.8 Å². The van der Waals surface area contributed by atoms with Crippen molar-refractivity contribution in [3.05, 3.63) is 77.4 Å². The quantitative estimate of drug-likeness (QED) is 0.512. The highest BCUT2D eigenvalue weighted by atomic mass is 16.2. The van der Waals surface area contributed by atoms with Crippen LogP contribution in [0.4, 0.5) is 4.79 Å². The highest BCUT2D eigenvalue weighted by Gasteiger charge is 2.54. The summed E-state index contributed by atoms with van der Waals surface area (Å²) in [5.74, 6) is -0.730. The Morgan fingerprint density at radius 1 is 1.09 bits per heavy atom. The van der Waals surface area contributed by atoms with Gasteiger partial charge in [-0.2, -0.15) is 0 Å². The van der Waals surface area contributed by atoms with Crippen LogP contribution < -0.4 is 10.6 Å². The first kappa shape index (κ1) is 21.9. The molecule has 1 atom stereocenters. The molecule has 0 saturated carbocycles. The molecule has 2 aromatic carbocycles. The highest BCUT2D eigenvalue weighted by molar-refractivity contribution is 6.08. The van der Waals surface area contributed by atoms with Crippen LogP contribution >= 0.6 is 0 Å². The Hall–Kier alpha value is -3.94. The van der Waals surface area contributed by atoms with Crippen LogP contribution in [0, 0.1) is 5.92 Å². The Morgan fingerprint density at radius 2 is 1.82 bits per heavy atom. The number of amides is 4. The standard InChI is InChI=1S/C26H26N4O4/c1-17(19-5-3-2-4-6-19)29-11-9-21(10-12-29)26(24(33)27-25(34)28-26)16-30-14-20-13-18(15-31)7-8-22(20)23(30)32/h2-8,13,15,21H,1,9-12,14,16H2,(H2,27,28,33,34). The smallest absolute Gasteiger partial charge is 0.322 e. The van der Waals surface area contributed by atoms with E-state index in [-0.39, 0.29) is 18.4 Å². The van der Waals surface area contributed by atoms with Gasteiger partial charge in [0, 0.05) is 36.5 Å². The van der Waals surface area contributed by atoms with Gasteiger partial charge in [0.25, 0.3) is 11.8 Å². The first-order chi connectivity index (χ1) is 16.4. The second-order valence-corrected chi connectivity index (χ2v) is 9.15. The van der Waals surface area contributed by atoms with E-state index in [0.717, 1.165) is 23.1 Å². The maximum atomic E-state index is 13.1. The third-order valence-electron chi connectivity index (χ3n) is 7.23. The van der Waals surface area contributed by atoms with Gasteiger partial charge >= 0.3 is 6.03 Å². The summed E-state index contributed by atoms with van der Waals surface area (Å²) in [6.07, 6.45) is 2.09. The van der Waals surface area contributed by atoms with E-state index >= 15 is 0 Å². The van der Waals surface area contributed by atoms with E-state index in [1.54, 1.807) is 23.1 Å². The molecule has 0 spiro atoms. The summed E-state index contributed by atoms with van der Waals surface area (Å²) in [4.78, 5) is 53.3. The van der Waals surface area contributed by atoms with Gasteiger partial charge in [-0.3, -0.25) is 19.7 Å². The van der Waals surface area contributed by atoms with E-state index in [4.69, 9.17) is 0 Å².